The molecule has 2 aromatic rings. The van der Waals surface area contributed by atoms with Crippen LogP contribution in [-0.4, -0.2) is 32.8 Å². The van der Waals surface area contributed by atoms with Gasteiger partial charge < -0.3 is 19.9 Å². The van der Waals surface area contributed by atoms with E-state index in [1.54, 1.807) is 48.5 Å². The van der Waals surface area contributed by atoms with Gasteiger partial charge >= 0.3 is 11.9 Å². The smallest absolute Gasteiger partial charge is 0.355 e. The Kier molecular flexibility index (Phi) is 7.93. The number of nitrogens with two attached hydrogens (primary N) is 1. The Morgan fingerprint density at radius 3 is 2.29 bits per heavy atom. The molecule has 0 radical (unpaired) electrons. The van der Waals surface area contributed by atoms with Gasteiger partial charge in [0.25, 0.3) is 0 Å². The Morgan fingerprint density at radius 1 is 1.03 bits per heavy atom. The second kappa shape index (κ2) is 11.1. The van der Waals surface area contributed by atoms with Crippen LogP contribution in [0.5, 0.6) is 5.75 Å². The zero-order chi connectivity index (χ0) is 24.7. The average Bonchev–Trinajstić information content (AvgIpc) is 2.88. The number of para-hydroxylation sites is 2. The van der Waals surface area contributed by atoms with Crippen LogP contribution in [0.25, 0.3) is 0 Å². The van der Waals surface area contributed by atoms with Crippen LogP contribution >= 0.6 is 0 Å². The van der Waals surface area contributed by atoms with Gasteiger partial charge in [0.2, 0.25) is 0 Å². The monoisotopic (exact) mass is 461 g/mol. The lowest BCUT2D eigenvalue weighted by Crippen LogP contribution is -2.41. The van der Waals surface area contributed by atoms with Gasteiger partial charge in [0.05, 0.1) is 49.6 Å². The summed E-state index contributed by atoms with van der Waals surface area (Å²) in [6, 6.07) is 18.0. The molecule has 1 unspecified atom stereocenters. The molecule has 0 saturated heterocycles. The Balaban J connectivity index is 2.34. The van der Waals surface area contributed by atoms with Gasteiger partial charge in [0.15, 0.2) is 0 Å². The van der Waals surface area contributed by atoms with Crippen LogP contribution in [0.3, 0.4) is 0 Å². The Hall–Kier alpha value is -4.25. The summed E-state index contributed by atoms with van der Waals surface area (Å²) in [5, 5.41) is 10.1. The molecule has 1 aliphatic rings. The minimum absolute atomic E-state index is 0.00375. The summed E-state index contributed by atoms with van der Waals surface area (Å²) in [5.41, 5.74) is 7.46. The molecule has 3 rings (SSSR count). The Bertz CT molecular complexity index is 1160. The van der Waals surface area contributed by atoms with Crippen LogP contribution < -0.4 is 15.4 Å². The first-order valence-electron chi connectivity index (χ1n) is 10.9. The van der Waals surface area contributed by atoms with Gasteiger partial charge in [-0.25, -0.2) is 9.59 Å². The number of hydrogen-bond donors (Lipinski definition) is 1. The van der Waals surface area contributed by atoms with Gasteiger partial charge in [-0.3, -0.25) is 4.90 Å². The first-order chi connectivity index (χ1) is 16.5. The van der Waals surface area contributed by atoms with E-state index in [0.29, 0.717) is 23.6 Å². The number of carbonyl (C=O) groups is 2. The van der Waals surface area contributed by atoms with Gasteiger partial charge in [-0.2, -0.15) is 5.26 Å². The first kappa shape index (κ1) is 24.4. The van der Waals surface area contributed by atoms with E-state index < -0.39 is 17.9 Å². The highest BCUT2D eigenvalue weighted by atomic mass is 16.5. The number of ether oxygens (including phenoxy) is 3. The van der Waals surface area contributed by atoms with Crippen molar-refractivity contribution in [3.8, 4) is 11.8 Å². The van der Waals surface area contributed by atoms with Gasteiger partial charge in [0.1, 0.15) is 17.3 Å². The van der Waals surface area contributed by atoms with Gasteiger partial charge in [0, 0.05) is 0 Å². The van der Waals surface area contributed by atoms with Crippen molar-refractivity contribution in [1.29, 1.82) is 5.26 Å². The van der Waals surface area contributed by atoms with E-state index in [9.17, 15) is 14.9 Å². The zero-order valence-corrected chi connectivity index (χ0v) is 19.4. The maximum Gasteiger partial charge on any atom is 0.355 e. The van der Waals surface area contributed by atoms with Crippen molar-refractivity contribution in [2.45, 2.75) is 25.7 Å². The molecular formula is C26H27N3O5. The van der Waals surface area contributed by atoms with Crippen molar-refractivity contribution >= 4 is 17.6 Å². The Labute approximate surface area is 198 Å². The number of carbonyl (C=O) groups excluding carboxylic acids is 2. The molecule has 0 bridgehead atoms. The van der Waals surface area contributed by atoms with E-state index in [1.165, 1.54) is 19.1 Å². The third-order valence-electron chi connectivity index (χ3n) is 5.47. The lowest BCUT2D eigenvalue weighted by atomic mass is 9.81. The van der Waals surface area contributed by atoms with E-state index in [4.69, 9.17) is 19.9 Å². The minimum atomic E-state index is -0.919. The maximum atomic E-state index is 13.1. The van der Waals surface area contributed by atoms with Gasteiger partial charge in [-0.1, -0.05) is 55.8 Å². The predicted octanol–water partition coefficient (Wildman–Crippen LogP) is 3.76. The summed E-state index contributed by atoms with van der Waals surface area (Å²) in [6.07, 6.45) is 1.76. The molecule has 8 nitrogen and oxygen atoms in total. The SMILES string of the molecule is CCCCOc1ccccc1N1C(N)=C(C#N)C(c2ccccc2)C(C(=O)OC)=C1C(=O)OC. The van der Waals surface area contributed by atoms with Crippen LogP contribution in [-0.2, 0) is 19.1 Å². The Morgan fingerprint density at radius 2 is 1.68 bits per heavy atom. The third kappa shape index (κ3) is 4.59. The highest BCUT2D eigenvalue weighted by Gasteiger charge is 2.43. The van der Waals surface area contributed by atoms with Gasteiger partial charge in [-0.05, 0) is 24.1 Å². The second-order valence-electron chi connectivity index (χ2n) is 7.51. The molecule has 0 fully saturated rings. The molecule has 2 N–H and O–H groups in total. The standard InChI is InChI=1S/C26H27N3O5/c1-4-5-15-34-20-14-10-9-13-19(20)29-23(26(31)33-3)22(25(30)32-2)21(18(16-27)24(29)28)17-11-7-6-8-12-17/h6-14,21H,4-5,15,28H2,1-3H3. The lowest BCUT2D eigenvalue weighted by Gasteiger charge is -2.36. The van der Waals surface area contributed by atoms with Crippen LogP contribution in [0.1, 0.15) is 31.2 Å². The van der Waals surface area contributed by atoms with E-state index in [0.717, 1.165) is 12.8 Å². The van der Waals surface area contributed by atoms with E-state index in [2.05, 4.69) is 6.07 Å². The number of nitriles is 1. The molecule has 2 aromatic carbocycles. The van der Waals surface area contributed by atoms with Crippen LogP contribution in [0.15, 0.2) is 77.3 Å². The topological polar surface area (TPSA) is 115 Å². The fourth-order valence-electron chi connectivity index (χ4n) is 3.85. The highest BCUT2D eigenvalue weighted by molar-refractivity contribution is 6.06. The molecule has 1 heterocycles. The first-order valence-corrected chi connectivity index (χ1v) is 10.9. The molecule has 0 saturated carbocycles. The van der Waals surface area contributed by atoms with E-state index >= 15 is 0 Å². The quantitative estimate of drug-likeness (QED) is 0.467. The molecule has 8 heteroatoms. The summed E-state index contributed by atoms with van der Waals surface area (Å²) in [6.45, 7) is 2.49. The van der Waals surface area contributed by atoms with Crippen molar-refractivity contribution < 1.29 is 23.8 Å². The molecule has 176 valence electrons. The van der Waals surface area contributed by atoms with Crippen molar-refractivity contribution in [3.05, 3.63) is 82.8 Å². The molecule has 34 heavy (non-hydrogen) atoms. The molecule has 0 aromatic heterocycles. The van der Waals surface area contributed by atoms with Crippen molar-refractivity contribution in [1.82, 2.24) is 0 Å². The van der Waals surface area contributed by atoms with E-state index in [-0.39, 0.29) is 22.7 Å². The number of hydrogen-bond acceptors (Lipinski definition) is 8. The molecule has 1 atom stereocenters. The number of unbranched alkanes of at least 4 members (excludes halogenated alkanes) is 1. The summed E-state index contributed by atoms with van der Waals surface area (Å²) in [4.78, 5) is 27.6. The summed E-state index contributed by atoms with van der Waals surface area (Å²) in [5.74, 6) is -2.05. The molecule has 0 amide bonds. The summed E-state index contributed by atoms with van der Waals surface area (Å²) in [7, 11) is 2.43. The highest BCUT2D eigenvalue weighted by Crippen LogP contribution is 2.45. The molecular weight excluding hydrogens is 434 g/mol. The number of esters is 2. The van der Waals surface area contributed by atoms with Crippen molar-refractivity contribution in [2.75, 3.05) is 25.7 Å². The van der Waals surface area contributed by atoms with Gasteiger partial charge in [-0.15, -0.1) is 0 Å². The third-order valence-corrected chi connectivity index (χ3v) is 5.47. The molecule has 0 aliphatic carbocycles. The zero-order valence-electron chi connectivity index (χ0n) is 19.4. The fraction of sp³-hybridized carbons (Fsp3) is 0.269. The largest absolute Gasteiger partial charge is 0.491 e. The summed E-state index contributed by atoms with van der Waals surface area (Å²) < 4.78 is 16.1. The summed E-state index contributed by atoms with van der Waals surface area (Å²) >= 11 is 0. The maximum absolute atomic E-state index is 13.1. The number of rotatable bonds is 8. The average molecular weight is 462 g/mol. The van der Waals surface area contributed by atoms with E-state index in [1.807, 2.05) is 13.0 Å². The molecule has 0 spiro atoms. The van der Waals surface area contributed by atoms with Crippen LogP contribution in [0.4, 0.5) is 5.69 Å². The second-order valence-corrected chi connectivity index (χ2v) is 7.51. The predicted molar refractivity (Wildman–Crippen MR) is 126 cm³/mol. The van der Waals surface area contributed by atoms with Crippen LogP contribution in [0.2, 0.25) is 0 Å². The van der Waals surface area contributed by atoms with Crippen LogP contribution in [0, 0.1) is 11.3 Å². The number of anilines is 1. The number of nitrogens with zero attached hydrogens (tertiary/aromatic N) is 2. The minimum Gasteiger partial charge on any atom is -0.491 e. The van der Waals surface area contributed by atoms with Crippen molar-refractivity contribution in [2.24, 2.45) is 5.73 Å². The number of methoxy groups -OCH3 is 2. The number of benzene rings is 2. The normalized spacial score (nSPS) is 15.6. The number of allylic oxidation sites excluding steroid dienone is 1. The van der Waals surface area contributed by atoms with Crippen molar-refractivity contribution in [3.63, 3.8) is 0 Å². The molecule has 1 aliphatic heterocycles. The lowest BCUT2D eigenvalue weighted by molar-refractivity contribution is -0.139. The fourth-order valence-corrected chi connectivity index (χ4v) is 3.85.